The summed E-state index contributed by atoms with van der Waals surface area (Å²) >= 11 is 6.18. The minimum Gasteiger partial charge on any atom is -0.378 e. The van der Waals surface area contributed by atoms with E-state index in [1.165, 1.54) is 0 Å². The van der Waals surface area contributed by atoms with E-state index in [1.54, 1.807) is 23.1 Å². The number of benzene rings is 1. The van der Waals surface area contributed by atoms with Gasteiger partial charge in [-0.1, -0.05) is 11.6 Å². The van der Waals surface area contributed by atoms with Crippen LogP contribution in [0.25, 0.3) is 0 Å². The lowest BCUT2D eigenvalue weighted by atomic mass is 10.1. The maximum atomic E-state index is 12.4. The Kier molecular flexibility index (Phi) is 6.18. The summed E-state index contributed by atoms with van der Waals surface area (Å²) in [7, 11) is 0. The van der Waals surface area contributed by atoms with Gasteiger partial charge >= 0.3 is 0 Å². The molecule has 0 saturated carbocycles. The number of morpholine rings is 1. The lowest BCUT2D eigenvalue weighted by Crippen LogP contribution is -2.40. The molecule has 0 unspecified atom stereocenters. The molecule has 1 saturated heterocycles. The molecule has 1 aliphatic heterocycles. The number of nitrogens with zero attached hydrogens (tertiary/aromatic N) is 1. The van der Waals surface area contributed by atoms with Gasteiger partial charge in [-0.15, -0.1) is 0 Å². The number of amides is 2. The summed E-state index contributed by atoms with van der Waals surface area (Å²) in [6.07, 6.45) is 0.996. The molecule has 1 aromatic carbocycles. The molecule has 0 atom stereocenters. The van der Waals surface area contributed by atoms with Gasteiger partial charge in [0, 0.05) is 25.2 Å². The number of carbonyl (C=O) groups is 2. The second-order valence-corrected chi connectivity index (χ2v) is 5.45. The smallest absolute Gasteiger partial charge is 0.255 e. The molecule has 6 nitrogen and oxygen atoms in total. The number of hydrogen-bond acceptors (Lipinski definition) is 4. The van der Waals surface area contributed by atoms with Gasteiger partial charge in [-0.05, 0) is 31.2 Å². The van der Waals surface area contributed by atoms with Gasteiger partial charge in [0.2, 0.25) is 5.91 Å². The fourth-order valence-electron chi connectivity index (χ4n) is 2.19. The SMILES string of the molecule is NCCCC(=O)Nc1ccc(C(=O)N2CCOCC2)c(Cl)c1. The number of nitrogens with two attached hydrogens (primary N) is 1. The first kappa shape index (κ1) is 16.7. The monoisotopic (exact) mass is 325 g/mol. The van der Waals surface area contributed by atoms with Crippen molar-refractivity contribution in [3.8, 4) is 0 Å². The topological polar surface area (TPSA) is 84.7 Å². The molecule has 1 fully saturated rings. The van der Waals surface area contributed by atoms with E-state index in [1.807, 2.05) is 0 Å². The van der Waals surface area contributed by atoms with E-state index in [2.05, 4.69) is 5.32 Å². The minimum absolute atomic E-state index is 0.116. The van der Waals surface area contributed by atoms with Gasteiger partial charge in [0.05, 0.1) is 23.8 Å². The molecule has 1 aromatic rings. The lowest BCUT2D eigenvalue weighted by Gasteiger charge is -2.27. The van der Waals surface area contributed by atoms with Crippen LogP contribution in [0.5, 0.6) is 0 Å². The molecule has 0 spiro atoms. The quantitative estimate of drug-likeness (QED) is 0.859. The maximum Gasteiger partial charge on any atom is 0.255 e. The minimum atomic E-state index is -0.117. The van der Waals surface area contributed by atoms with E-state index in [0.717, 1.165) is 0 Å². The fourth-order valence-corrected chi connectivity index (χ4v) is 2.45. The van der Waals surface area contributed by atoms with E-state index in [9.17, 15) is 9.59 Å². The Bertz CT molecular complexity index is 545. The number of nitrogens with one attached hydrogen (secondary N) is 1. The third-order valence-corrected chi connectivity index (χ3v) is 3.70. The molecule has 2 amide bonds. The summed E-state index contributed by atoms with van der Waals surface area (Å²) in [5.74, 6) is -0.233. The zero-order valence-electron chi connectivity index (χ0n) is 12.3. The van der Waals surface area contributed by atoms with Crippen molar-refractivity contribution in [1.29, 1.82) is 0 Å². The summed E-state index contributed by atoms with van der Waals surface area (Å²) in [4.78, 5) is 25.7. The highest BCUT2D eigenvalue weighted by Gasteiger charge is 2.20. The molecule has 0 radical (unpaired) electrons. The van der Waals surface area contributed by atoms with E-state index < -0.39 is 0 Å². The van der Waals surface area contributed by atoms with E-state index in [-0.39, 0.29) is 11.8 Å². The largest absolute Gasteiger partial charge is 0.378 e. The highest BCUT2D eigenvalue weighted by atomic mass is 35.5. The highest BCUT2D eigenvalue weighted by molar-refractivity contribution is 6.34. The Labute approximate surface area is 134 Å². The molecule has 0 aromatic heterocycles. The first-order valence-electron chi connectivity index (χ1n) is 7.28. The van der Waals surface area contributed by atoms with Crippen LogP contribution in [0.1, 0.15) is 23.2 Å². The third-order valence-electron chi connectivity index (χ3n) is 3.39. The van der Waals surface area contributed by atoms with Crippen molar-refractivity contribution in [1.82, 2.24) is 4.90 Å². The van der Waals surface area contributed by atoms with Crippen molar-refractivity contribution in [2.45, 2.75) is 12.8 Å². The normalized spacial score (nSPS) is 14.7. The Hall–Kier alpha value is -1.63. The Balaban J connectivity index is 2.02. The average molecular weight is 326 g/mol. The third kappa shape index (κ3) is 4.43. The number of halogens is 1. The summed E-state index contributed by atoms with van der Waals surface area (Å²) in [6.45, 7) is 2.68. The second-order valence-electron chi connectivity index (χ2n) is 5.04. The maximum absolute atomic E-state index is 12.4. The number of hydrogen-bond donors (Lipinski definition) is 2. The summed E-state index contributed by atoms with van der Waals surface area (Å²) < 4.78 is 5.23. The summed E-state index contributed by atoms with van der Waals surface area (Å²) in [5, 5.41) is 3.07. The van der Waals surface area contributed by atoms with Gasteiger partial charge in [-0.25, -0.2) is 0 Å². The molecule has 120 valence electrons. The molecular formula is C15H20ClN3O3. The Morgan fingerprint density at radius 1 is 1.32 bits per heavy atom. The predicted octanol–water partition coefficient (Wildman–Crippen LogP) is 1.49. The highest BCUT2D eigenvalue weighted by Crippen LogP contribution is 2.23. The van der Waals surface area contributed by atoms with E-state index in [0.29, 0.717) is 62.0 Å². The van der Waals surface area contributed by atoms with Crippen LogP contribution in [0.3, 0.4) is 0 Å². The van der Waals surface area contributed by atoms with Crippen molar-refractivity contribution in [2.24, 2.45) is 5.73 Å². The molecule has 1 aliphatic rings. The van der Waals surface area contributed by atoms with Crippen molar-refractivity contribution >= 4 is 29.1 Å². The second kappa shape index (κ2) is 8.12. The van der Waals surface area contributed by atoms with Gasteiger partial charge in [-0.3, -0.25) is 9.59 Å². The van der Waals surface area contributed by atoms with Crippen LogP contribution in [-0.4, -0.2) is 49.6 Å². The predicted molar refractivity (Wildman–Crippen MR) is 85.1 cm³/mol. The van der Waals surface area contributed by atoms with Crippen LogP contribution in [0.2, 0.25) is 5.02 Å². The lowest BCUT2D eigenvalue weighted by molar-refractivity contribution is -0.116. The number of carbonyl (C=O) groups excluding carboxylic acids is 2. The molecular weight excluding hydrogens is 306 g/mol. The molecule has 2 rings (SSSR count). The molecule has 3 N–H and O–H groups in total. The Morgan fingerprint density at radius 2 is 2.05 bits per heavy atom. The Morgan fingerprint density at radius 3 is 2.68 bits per heavy atom. The van der Waals surface area contributed by atoms with Gasteiger partial charge in [0.1, 0.15) is 0 Å². The van der Waals surface area contributed by atoms with Crippen molar-refractivity contribution in [3.63, 3.8) is 0 Å². The molecule has 22 heavy (non-hydrogen) atoms. The van der Waals surface area contributed by atoms with Gasteiger partial charge in [0.15, 0.2) is 0 Å². The van der Waals surface area contributed by atoms with Crippen LogP contribution >= 0.6 is 11.6 Å². The van der Waals surface area contributed by atoms with Crippen LogP contribution < -0.4 is 11.1 Å². The first-order chi connectivity index (χ1) is 10.6. The van der Waals surface area contributed by atoms with Gasteiger partial charge in [0.25, 0.3) is 5.91 Å². The number of rotatable bonds is 5. The van der Waals surface area contributed by atoms with Gasteiger partial charge in [-0.2, -0.15) is 0 Å². The van der Waals surface area contributed by atoms with Crippen molar-refractivity contribution < 1.29 is 14.3 Å². The number of anilines is 1. The van der Waals surface area contributed by atoms with Gasteiger partial charge < -0.3 is 20.7 Å². The number of ether oxygens (including phenoxy) is 1. The average Bonchev–Trinajstić information content (AvgIpc) is 2.53. The fraction of sp³-hybridized carbons (Fsp3) is 0.467. The summed E-state index contributed by atoms with van der Waals surface area (Å²) in [6, 6.07) is 4.91. The van der Waals surface area contributed by atoms with Crippen LogP contribution in [-0.2, 0) is 9.53 Å². The van der Waals surface area contributed by atoms with Crippen molar-refractivity contribution in [2.75, 3.05) is 38.2 Å². The molecule has 0 bridgehead atoms. The van der Waals surface area contributed by atoms with E-state index >= 15 is 0 Å². The van der Waals surface area contributed by atoms with E-state index in [4.69, 9.17) is 22.1 Å². The molecule has 7 heteroatoms. The molecule has 1 heterocycles. The molecule has 0 aliphatic carbocycles. The zero-order chi connectivity index (χ0) is 15.9. The van der Waals surface area contributed by atoms with Crippen LogP contribution in [0, 0.1) is 0 Å². The van der Waals surface area contributed by atoms with Crippen molar-refractivity contribution in [3.05, 3.63) is 28.8 Å². The zero-order valence-corrected chi connectivity index (χ0v) is 13.1. The standard InChI is InChI=1S/C15H20ClN3O3/c16-13-10-11(18-14(20)2-1-5-17)3-4-12(13)15(21)19-6-8-22-9-7-19/h3-4,10H,1-2,5-9,17H2,(H,18,20). The first-order valence-corrected chi connectivity index (χ1v) is 7.66. The van der Waals surface area contributed by atoms with Crippen LogP contribution in [0.4, 0.5) is 5.69 Å². The van der Waals surface area contributed by atoms with Crippen LogP contribution in [0.15, 0.2) is 18.2 Å². The summed E-state index contributed by atoms with van der Waals surface area (Å²) in [5.41, 5.74) is 6.37.